The Balaban J connectivity index is 2.68. The van der Waals surface area contributed by atoms with Crippen molar-refractivity contribution in [3.63, 3.8) is 0 Å². The molecule has 0 aromatic rings. The van der Waals surface area contributed by atoms with Gasteiger partial charge >= 0.3 is 5.91 Å². The maximum atomic E-state index is 11.5. The van der Waals surface area contributed by atoms with E-state index in [1.807, 2.05) is 13.1 Å². The average molecular weight is 184 g/mol. The van der Waals surface area contributed by atoms with Gasteiger partial charge in [-0.15, -0.1) is 0 Å². The minimum absolute atomic E-state index is 0.327. The third-order valence-electron chi connectivity index (χ3n) is 2.45. The van der Waals surface area contributed by atoms with Crippen molar-refractivity contribution < 1.29 is 9.86 Å². The van der Waals surface area contributed by atoms with E-state index in [1.165, 1.54) is 12.6 Å². The van der Waals surface area contributed by atoms with Gasteiger partial charge in [0.15, 0.2) is 5.54 Å². The minimum atomic E-state index is -0.683. The molecule has 0 aliphatic carbocycles. The number of likely N-dealkylation sites (N-methyl/N-ethyl adjacent to an activating group) is 1. The van der Waals surface area contributed by atoms with Crippen molar-refractivity contribution >= 4 is 5.91 Å². The van der Waals surface area contributed by atoms with E-state index >= 15 is 0 Å². The fraction of sp³-hybridized carbons (Fsp3) is 0.667. The largest absolute Gasteiger partial charge is 0.627 e. The third kappa shape index (κ3) is 1.89. The Morgan fingerprint density at radius 2 is 2.46 bits per heavy atom. The van der Waals surface area contributed by atoms with E-state index in [2.05, 4.69) is 5.32 Å². The van der Waals surface area contributed by atoms with Crippen LogP contribution < -0.4 is 10.4 Å². The number of carbonyl (C=O) groups excluding carboxylic acids is 1. The summed E-state index contributed by atoms with van der Waals surface area (Å²) in [5.74, 6) is -0.327. The molecule has 1 aliphatic rings. The topological polar surface area (TPSA) is 56.6 Å². The minimum Gasteiger partial charge on any atom is -0.627 e. The molecule has 74 valence electrons. The van der Waals surface area contributed by atoms with Crippen LogP contribution >= 0.6 is 0 Å². The molecule has 0 saturated carbocycles. The highest BCUT2D eigenvalue weighted by Gasteiger charge is 2.40. The maximum Gasteiger partial charge on any atom is 0.337 e. The molecule has 4 heteroatoms. The molecule has 0 bridgehead atoms. The van der Waals surface area contributed by atoms with Gasteiger partial charge in [-0.25, -0.2) is 4.79 Å². The van der Waals surface area contributed by atoms with Crippen LogP contribution in [-0.4, -0.2) is 18.5 Å². The van der Waals surface area contributed by atoms with Gasteiger partial charge < -0.3 is 15.6 Å². The lowest BCUT2D eigenvalue weighted by Gasteiger charge is -2.26. The number of hydroxylamine groups is 2. The summed E-state index contributed by atoms with van der Waals surface area (Å²) < 4.78 is 0. The predicted molar refractivity (Wildman–Crippen MR) is 49.8 cm³/mol. The monoisotopic (exact) mass is 184 g/mol. The normalized spacial score (nSPS) is 29.4. The highest BCUT2D eigenvalue weighted by Crippen LogP contribution is 2.23. The molecule has 2 atom stereocenters. The summed E-state index contributed by atoms with van der Waals surface area (Å²) in [4.78, 5) is 11.5. The quantitative estimate of drug-likeness (QED) is 0.573. The Bertz CT molecular complexity index is 248. The summed E-state index contributed by atoms with van der Waals surface area (Å²) in [7, 11) is 1.32. The second-order valence-electron chi connectivity index (χ2n) is 3.69. The standard InChI is InChI=1S/C9H16N2O2/c1-4-7-5-9(2,10-6-7)8(12)11(3)13/h6,10-11H,4-5H2,1-3H3. The number of hydrogen-bond acceptors (Lipinski definition) is 3. The van der Waals surface area contributed by atoms with Gasteiger partial charge in [0.1, 0.15) is 0 Å². The number of amides is 1. The summed E-state index contributed by atoms with van der Waals surface area (Å²) in [6, 6.07) is 0. The van der Waals surface area contributed by atoms with Crippen LogP contribution in [0, 0.1) is 5.21 Å². The summed E-state index contributed by atoms with van der Waals surface area (Å²) in [5, 5.41) is 13.5. The Morgan fingerprint density at radius 1 is 1.85 bits per heavy atom. The van der Waals surface area contributed by atoms with E-state index in [0.29, 0.717) is 6.42 Å². The molecule has 2 N–H and O–H groups in total. The first-order valence-corrected chi connectivity index (χ1v) is 4.50. The van der Waals surface area contributed by atoms with E-state index in [9.17, 15) is 10.0 Å². The van der Waals surface area contributed by atoms with Crippen LogP contribution in [0.25, 0.3) is 0 Å². The van der Waals surface area contributed by atoms with Crippen molar-refractivity contribution in [3.8, 4) is 0 Å². The van der Waals surface area contributed by atoms with Crippen LogP contribution in [-0.2, 0) is 4.79 Å². The van der Waals surface area contributed by atoms with Gasteiger partial charge in [-0.2, -0.15) is 0 Å². The van der Waals surface area contributed by atoms with Gasteiger partial charge in [0, 0.05) is 6.42 Å². The molecular weight excluding hydrogens is 168 g/mol. The van der Waals surface area contributed by atoms with Crippen LogP contribution in [0.5, 0.6) is 0 Å². The van der Waals surface area contributed by atoms with Crippen molar-refractivity contribution in [1.29, 1.82) is 0 Å². The number of carbonyl (C=O) groups is 1. The first-order valence-electron chi connectivity index (χ1n) is 4.50. The van der Waals surface area contributed by atoms with E-state index < -0.39 is 5.54 Å². The zero-order valence-corrected chi connectivity index (χ0v) is 8.31. The molecule has 4 nitrogen and oxygen atoms in total. The highest BCUT2D eigenvalue weighted by molar-refractivity contribution is 5.79. The van der Waals surface area contributed by atoms with Crippen molar-refractivity contribution in [3.05, 3.63) is 17.0 Å². The van der Waals surface area contributed by atoms with Crippen molar-refractivity contribution in [2.45, 2.75) is 32.2 Å². The summed E-state index contributed by atoms with van der Waals surface area (Å²) >= 11 is 0. The average Bonchev–Trinajstić information content (AvgIpc) is 2.47. The summed E-state index contributed by atoms with van der Waals surface area (Å²) in [6.07, 6.45) is 3.43. The van der Waals surface area contributed by atoms with Gasteiger partial charge in [0.05, 0.1) is 7.05 Å². The second-order valence-corrected chi connectivity index (χ2v) is 3.69. The number of rotatable bonds is 2. The highest BCUT2D eigenvalue weighted by atomic mass is 16.5. The number of hydrogen-bond donors (Lipinski definition) is 2. The lowest BCUT2D eigenvalue weighted by atomic mass is 9.95. The second kappa shape index (κ2) is 3.47. The summed E-state index contributed by atoms with van der Waals surface area (Å²) in [6.45, 7) is 3.81. The molecule has 0 aromatic carbocycles. The van der Waals surface area contributed by atoms with Crippen molar-refractivity contribution in [2.24, 2.45) is 0 Å². The Labute approximate surface area is 78.2 Å². The van der Waals surface area contributed by atoms with Gasteiger partial charge in [-0.1, -0.05) is 12.5 Å². The molecular formula is C9H16N2O2. The number of quaternary nitrogens is 1. The van der Waals surface area contributed by atoms with Crippen molar-refractivity contribution in [1.82, 2.24) is 5.32 Å². The predicted octanol–water partition coefficient (Wildman–Crippen LogP) is -0.429. The smallest absolute Gasteiger partial charge is 0.337 e. The van der Waals surface area contributed by atoms with Crippen LogP contribution in [0.1, 0.15) is 26.7 Å². The van der Waals surface area contributed by atoms with Gasteiger partial charge in [0.25, 0.3) is 0 Å². The molecule has 0 saturated heterocycles. The van der Waals surface area contributed by atoms with Crippen LogP contribution in [0.3, 0.4) is 0 Å². The molecule has 0 radical (unpaired) electrons. The Kier molecular flexibility index (Phi) is 2.73. The van der Waals surface area contributed by atoms with Gasteiger partial charge in [0.2, 0.25) is 0 Å². The molecule has 1 amide bonds. The third-order valence-corrected chi connectivity index (χ3v) is 2.45. The number of nitrogens with one attached hydrogen (secondary N) is 2. The molecule has 0 fully saturated rings. The first-order chi connectivity index (χ1) is 5.99. The fourth-order valence-electron chi connectivity index (χ4n) is 1.58. The van der Waals surface area contributed by atoms with E-state index in [4.69, 9.17) is 0 Å². The van der Waals surface area contributed by atoms with Crippen LogP contribution in [0.15, 0.2) is 11.8 Å². The van der Waals surface area contributed by atoms with Gasteiger partial charge in [-0.05, 0) is 19.5 Å². The zero-order chi connectivity index (χ0) is 10.1. The lowest BCUT2D eigenvalue weighted by Crippen LogP contribution is -3.09. The lowest BCUT2D eigenvalue weighted by molar-refractivity contribution is -0.743. The molecule has 0 spiro atoms. The fourth-order valence-corrected chi connectivity index (χ4v) is 1.58. The zero-order valence-electron chi connectivity index (χ0n) is 8.31. The first kappa shape index (κ1) is 10.2. The van der Waals surface area contributed by atoms with Gasteiger partial charge in [-0.3, -0.25) is 0 Å². The molecule has 0 aromatic heterocycles. The maximum absolute atomic E-state index is 11.5. The van der Waals surface area contributed by atoms with E-state index in [-0.39, 0.29) is 11.0 Å². The Morgan fingerprint density at radius 3 is 2.85 bits per heavy atom. The molecule has 2 unspecified atom stereocenters. The Hall–Kier alpha value is -0.870. The van der Waals surface area contributed by atoms with Crippen LogP contribution in [0.4, 0.5) is 0 Å². The SMILES string of the molecule is CCC1=CNC(C)(C(=O)[NH+](C)[O-])C1. The van der Waals surface area contributed by atoms with Crippen molar-refractivity contribution in [2.75, 3.05) is 7.05 Å². The van der Waals surface area contributed by atoms with E-state index in [0.717, 1.165) is 6.42 Å². The molecule has 1 rings (SSSR count). The summed E-state index contributed by atoms with van der Waals surface area (Å²) in [5.41, 5.74) is 0.508. The molecule has 1 heterocycles. The molecule has 1 aliphatic heterocycles. The van der Waals surface area contributed by atoms with Crippen LogP contribution in [0.2, 0.25) is 0 Å². The van der Waals surface area contributed by atoms with E-state index in [1.54, 1.807) is 6.92 Å². The molecule has 13 heavy (non-hydrogen) atoms.